The first-order chi connectivity index (χ1) is 13.0. The normalized spacial score (nSPS) is 23.9. The summed E-state index contributed by atoms with van der Waals surface area (Å²) in [6.45, 7) is 0.231. The van der Waals surface area contributed by atoms with Crippen LogP contribution in [0, 0.1) is 11.8 Å². The lowest BCUT2D eigenvalue weighted by Crippen LogP contribution is -2.30. The van der Waals surface area contributed by atoms with E-state index in [2.05, 4.69) is 4.74 Å². The SMILES string of the molecule is COC(=O)CCCCC[C@H](O)[C@H]1C(=O)C[C@@H](O)[C@@H]1C=CCCCCCCO. The minimum Gasteiger partial charge on any atom is -0.469 e. The predicted molar refractivity (Wildman–Crippen MR) is 103 cm³/mol. The number of ether oxygens (including phenoxy) is 1. The van der Waals surface area contributed by atoms with Crippen LogP contribution < -0.4 is 0 Å². The highest BCUT2D eigenvalue weighted by atomic mass is 16.5. The lowest BCUT2D eigenvalue weighted by molar-refractivity contribution is -0.140. The van der Waals surface area contributed by atoms with Crippen LogP contribution in [0.2, 0.25) is 0 Å². The van der Waals surface area contributed by atoms with Crippen LogP contribution >= 0.6 is 0 Å². The van der Waals surface area contributed by atoms with Gasteiger partial charge in [0.15, 0.2) is 0 Å². The monoisotopic (exact) mass is 384 g/mol. The molecule has 27 heavy (non-hydrogen) atoms. The van der Waals surface area contributed by atoms with Crippen molar-refractivity contribution in [2.75, 3.05) is 13.7 Å². The van der Waals surface area contributed by atoms with Crippen molar-refractivity contribution in [2.24, 2.45) is 11.8 Å². The Morgan fingerprint density at radius 2 is 1.89 bits per heavy atom. The number of aliphatic hydroxyl groups excluding tert-OH is 3. The summed E-state index contributed by atoms with van der Waals surface area (Å²) in [5, 5.41) is 29.4. The largest absolute Gasteiger partial charge is 0.469 e. The number of esters is 1. The zero-order valence-corrected chi connectivity index (χ0v) is 16.5. The van der Waals surface area contributed by atoms with E-state index >= 15 is 0 Å². The smallest absolute Gasteiger partial charge is 0.305 e. The van der Waals surface area contributed by atoms with Crippen LogP contribution in [-0.4, -0.2) is 53.0 Å². The molecule has 6 heteroatoms. The van der Waals surface area contributed by atoms with Crippen molar-refractivity contribution in [1.29, 1.82) is 0 Å². The maximum absolute atomic E-state index is 12.2. The van der Waals surface area contributed by atoms with Crippen molar-refractivity contribution < 1.29 is 29.6 Å². The molecule has 0 amide bonds. The van der Waals surface area contributed by atoms with Gasteiger partial charge in [-0.15, -0.1) is 0 Å². The van der Waals surface area contributed by atoms with Crippen LogP contribution in [-0.2, 0) is 14.3 Å². The highest BCUT2D eigenvalue weighted by Gasteiger charge is 2.43. The Bertz CT molecular complexity index is 462. The lowest BCUT2D eigenvalue weighted by atomic mass is 9.86. The Kier molecular flexibility index (Phi) is 12.2. The van der Waals surface area contributed by atoms with Crippen LogP contribution in [0.1, 0.15) is 70.6 Å². The summed E-state index contributed by atoms with van der Waals surface area (Å²) in [5.41, 5.74) is 0. The second kappa shape index (κ2) is 13.9. The van der Waals surface area contributed by atoms with Crippen LogP contribution in [0.5, 0.6) is 0 Å². The van der Waals surface area contributed by atoms with Crippen LogP contribution in [0.3, 0.4) is 0 Å². The fourth-order valence-corrected chi connectivity index (χ4v) is 3.71. The fourth-order valence-electron chi connectivity index (χ4n) is 3.71. The van der Waals surface area contributed by atoms with Crippen molar-refractivity contribution in [1.82, 2.24) is 0 Å². The van der Waals surface area contributed by atoms with Crippen molar-refractivity contribution in [2.45, 2.75) is 82.8 Å². The molecule has 0 radical (unpaired) electrons. The zero-order chi connectivity index (χ0) is 20.1. The van der Waals surface area contributed by atoms with E-state index in [4.69, 9.17) is 5.11 Å². The van der Waals surface area contributed by atoms with E-state index in [1.807, 2.05) is 12.2 Å². The molecule has 0 bridgehead atoms. The lowest BCUT2D eigenvalue weighted by Gasteiger charge is -2.23. The number of methoxy groups -OCH3 is 1. The second-order valence-electron chi connectivity index (χ2n) is 7.44. The predicted octanol–water partition coefficient (Wildman–Crippen LogP) is 2.54. The van der Waals surface area contributed by atoms with Gasteiger partial charge in [-0.05, 0) is 32.1 Å². The summed E-state index contributed by atoms with van der Waals surface area (Å²) >= 11 is 0. The van der Waals surface area contributed by atoms with Crippen LogP contribution in [0.15, 0.2) is 12.2 Å². The molecule has 6 nitrogen and oxygen atoms in total. The van der Waals surface area contributed by atoms with Gasteiger partial charge in [0.25, 0.3) is 0 Å². The third-order valence-electron chi connectivity index (χ3n) is 5.30. The average molecular weight is 385 g/mol. The molecule has 156 valence electrons. The highest BCUT2D eigenvalue weighted by molar-refractivity contribution is 5.85. The minimum absolute atomic E-state index is 0.0674. The number of hydrogen-bond acceptors (Lipinski definition) is 6. The van der Waals surface area contributed by atoms with Gasteiger partial charge in [0.05, 0.1) is 25.2 Å². The Morgan fingerprint density at radius 1 is 1.19 bits per heavy atom. The third-order valence-corrected chi connectivity index (χ3v) is 5.30. The molecular formula is C21H36O6. The number of carbonyl (C=O) groups is 2. The minimum atomic E-state index is -0.757. The molecule has 0 saturated heterocycles. The average Bonchev–Trinajstić information content (AvgIpc) is 2.93. The summed E-state index contributed by atoms with van der Waals surface area (Å²) in [6, 6.07) is 0. The number of hydrogen-bond donors (Lipinski definition) is 3. The summed E-state index contributed by atoms with van der Waals surface area (Å²) in [4.78, 5) is 23.3. The van der Waals surface area contributed by atoms with Gasteiger partial charge in [-0.1, -0.05) is 37.8 Å². The van der Waals surface area contributed by atoms with Gasteiger partial charge in [0.1, 0.15) is 5.78 Å². The standard InChI is InChI=1S/C21H36O6/c1-27-20(26)13-9-6-8-12-17(23)21-16(18(24)15-19(21)25)11-7-4-2-3-5-10-14-22/h7,11,16-18,21-24H,2-6,8-10,12-15H2,1H3/t16-,17-,18+,21-/m0/s1. The molecular weight excluding hydrogens is 348 g/mol. The third kappa shape index (κ3) is 9.00. The van der Waals surface area contributed by atoms with E-state index in [-0.39, 0.29) is 30.7 Å². The molecule has 0 unspecified atom stereocenters. The van der Waals surface area contributed by atoms with Crippen LogP contribution in [0.25, 0.3) is 0 Å². The molecule has 3 N–H and O–H groups in total. The summed E-state index contributed by atoms with van der Waals surface area (Å²) in [5.74, 6) is -1.15. The Hall–Kier alpha value is -1.24. The van der Waals surface area contributed by atoms with Gasteiger partial charge in [-0.2, -0.15) is 0 Å². The van der Waals surface area contributed by atoms with Crippen molar-refractivity contribution in [3.8, 4) is 0 Å². The van der Waals surface area contributed by atoms with Crippen molar-refractivity contribution >= 4 is 11.8 Å². The van der Waals surface area contributed by atoms with Gasteiger partial charge >= 0.3 is 5.97 Å². The number of ketones is 1. The summed E-state index contributed by atoms with van der Waals surface area (Å²) < 4.78 is 4.59. The van der Waals surface area contributed by atoms with E-state index in [9.17, 15) is 19.8 Å². The van der Waals surface area contributed by atoms with E-state index in [0.29, 0.717) is 19.3 Å². The van der Waals surface area contributed by atoms with Gasteiger partial charge < -0.3 is 20.1 Å². The van der Waals surface area contributed by atoms with Gasteiger partial charge in [0, 0.05) is 25.4 Å². The molecule has 1 fully saturated rings. The molecule has 1 saturated carbocycles. The molecule has 0 spiro atoms. The Morgan fingerprint density at radius 3 is 2.59 bits per heavy atom. The number of rotatable bonds is 14. The Labute approximate surface area is 162 Å². The molecule has 0 aromatic carbocycles. The molecule has 1 aliphatic carbocycles. The molecule has 0 aromatic heterocycles. The topological polar surface area (TPSA) is 104 Å². The number of carbonyl (C=O) groups excluding carboxylic acids is 2. The first-order valence-electron chi connectivity index (χ1n) is 10.2. The molecule has 4 atom stereocenters. The van der Waals surface area contributed by atoms with E-state index < -0.39 is 18.1 Å². The zero-order valence-electron chi connectivity index (χ0n) is 16.5. The number of aliphatic hydroxyl groups is 3. The van der Waals surface area contributed by atoms with Crippen LogP contribution in [0.4, 0.5) is 0 Å². The quantitative estimate of drug-likeness (QED) is 0.242. The van der Waals surface area contributed by atoms with E-state index in [1.54, 1.807) is 0 Å². The molecule has 0 aliphatic heterocycles. The molecule has 0 heterocycles. The van der Waals surface area contributed by atoms with Crippen molar-refractivity contribution in [3.63, 3.8) is 0 Å². The van der Waals surface area contributed by atoms with Gasteiger partial charge in [-0.3, -0.25) is 9.59 Å². The first-order valence-corrected chi connectivity index (χ1v) is 10.2. The van der Waals surface area contributed by atoms with E-state index in [1.165, 1.54) is 7.11 Å². The summed E-state index contributed by atoms with van der Waals surface area (Å²) in [7, 11) is 1.37. The number of unbranched alkanes of at least 4 members (excludes halogenated alkanes) is 6. The fraction of sp³-hybridized carbons (Fsp3) is 0.810. The number of allylic oxidation sites excluding steroid dienone is 1. The first kappa shape index (κ1) is 23.8. The molecule has 1 rings (SSSR count). The van der Waals surface area contributed by atoms with Gasteiger partial charge in [0.2, 0.25) is 0 Å². The number of Topliss-reactive ketones (excluding diaryl/α,β-unsaturated/α-hetero) is 1. The van der Waals surface area contributed by atoms with Gasteiger partial charge in [-0.25, -0.2) is 0 Å². The van der Waals surface area contributed by atoms with Crippen molar-refractivity contribution in [3.05, 3.63) is 12.2 Å². The maximum atomic E-state index is 12.2. The second-order valence-corrected chi connectivity index (χ2v) is 7.44. The molecule has 0 aromatic rings. The maximum Gasteiger partial charge on any atom is 0.305 e. The van der Waals surface area contributed by atoms with E-state index in [0.717, 1.165) is 44.9 Å². The Balaban J connectivity index is 2.38. The highest BCUT2D eigenvalue weighted by Crippen LogP contribution is 2.34. The summed E-state index contributed by atoms with van der Waals surface area (Å²) in [6.07, 6.45) is 10.4. The molecule has 1 aliphatic rings.